The fourth-order valence-electron chi connectivity index (χ4n) is 9.70. The van der Waals surface area contributed by atoms with Gasteiger partial charge < -0.3 is 9.80 Å². The second kappa shape index (κ2) is 13.5. The van der Waals surface area contributed by atoms with Crippen LogP contribution in [0.2, 0.25) is 0 Å². The maximum atomic E-state index is 9.66. The van der Waals surface area contributed by atoms with Gasteiger partial charge in [0.05, 0.1) is 34.4 Å². The molecular weight excluding hydrogens is 717 g/mol. The summed E-state index contributed by atoms with van der Waals surface area (Å²) in [5.41, 5.74) is 16.6. The highest BCUT2D eigenvalue weighted by molar-refractivity contribution is 6.12. The molecule has 0 fully saturated rings. The van der Waals surface area contributed by atoms with Crippen LogP contribution in [-0.2, 0) is 5.41 Å². The topological polar surface area (TPSA) is 54.1 Å². The Bertz CT molecular complexity index is 3130. The second-order valence-corrected chi connectivity index (χ2v) is 15.1. The Morgan fingerprint density at radius 3 is 1.39 bits per heavy atom. The van der Waals surface area contributed by atoms with Crippen molar-refractivity contribution in [2.24, 2.45) is 0 Å². The normalized spacial score (nSPS) is 12.5. The number of para-hydroxylation sites is 2. The Morgan fingerprint density at radius 1 is 0.339 bits per heavy atom. The highest BCUT2D eigenvalue weighted by atomic mass is 15.1. The van der Waals surface area contributed by atoms with Crippen LogP contribution in [0.5, 0.6) is 0 Å². The molecule has 9 aromatic carbocycles. The molecule has 0 aromatic heterocycles. The van der Waals surface area contributed by atoms with Crippen molar-refractivity contribution in [2.75, 3.05) is 9.80 Å². The van der Waals surface area contributed by atoms with E-state index in [9.17, 15) is 10.5 Å². The van der Waals surface area contributed by atoms with Gasteiger partial charge in [0.15, 0.2) is 0 Å². The van der Waals surface area contributed by atoms with E-state index in [1.165, 1.54) is 49.9 Å². The van der Waals surface area contributed by atoms with Crippen molar-refractivity contribution >= 4 is 44.9 Å². The van der Waals surface area contributed by atoms with Crippen molar-refractivity contribution in [3.05, 3.63) is 240 Å². The molecule has 0 aliphatic heterocycles. The number of hydrogen-bond donors (Lipinski definition) is 0. The molecule has 274 valence electrons. The largest absolute Gasteiger partial charge is 0.310 e. The summed E-state index contributed by atoms with van der Waals surface area (Å²) >= 11 is 0. The Hall–Kier alpha value is -8.18. The Balaban J connectivity index is 1.23. The van der Waals surface area contributed by atoms with Gasteiger partial charge >= 0.3 is 0 Å². The molecule has 0 heterocycles. The van der Waals surface area contributed by atoms with E-state index in [-0.39, 0.29) is 0 Å². The number of fused-ring (bicyclic) bond motifs is 9. The summed E-state index contributed by atoms with van der Waals surface area (Å²) in [6, 6.07) is 77.4. The predicted molar refractivity (Wildman–Crippen MR) is 239 cm³/mol. The molecule has 1 spiro atoms. The first kappa shape index (κ1) is 34.1. The zero-order valence-electron chi connectivity index (χ0n) is 31.9. The van der Waals surface area contributed by atoms with Gasteiger partial charge in [0.2, 0.25) is 0 Å². The highest BCUT2D eigenvalue weighted by Gasteiger charge is 2.50. The van der Waals surface area contributed by atoms with Gasteiger partial charge in [-0.15, -0.1) is 0 Å². The van der Waals surface area contributed by atoms with Crippen LogP contribution >= 0.6 is 0 Å². The number of rotatable bonds is 6. The molecule has 9 aromatic rings. The van der Waals surface area contributed by atoms with Crippen LogP contribution in [0.3, 0.4) is 0 Å². The Morgan fingerprint density at radius 2 is 0.797 bits per heavy atom. The van der Waals surface area contributed by atoms with E-state index in [2.05, 4.69) is 168 Å². The third-order valence-electron chi connectivity index (χ3n) is 12.1. The van der Waals surface area contributed by atoms with E-state index in [0.29, 0.717) is 11.1 Å². The molecule has 59 heavy (non-hydrogen) atoms. The lowest BCUT2D eigenvalue weighted by Gasteiger charge is -2.41. The van der Waals surface area contributed by atoms with E-state index >= 15 is 0 Å². The first-order valence-electron chi connectivity index (χ1n) is 19.8. The number of benzene rings is 9. The lowest BCUT2D eigenvalue weighted by molar-refractivity contribution is 0.773. The Kier molecular flexibility index (Phi) is 7.80. The molecule has 4 nitrogen and oxygen atoms in total. The maximum absolute atomic E-state index is 9.66. The zero-order valence-corrected chi connectivity index (χ0v) is 31.9. The van der Waals surface area contributed by atoms with E-state index in [1.807, 2.05) is 60.7 Å². The quantitative estimate of drug-likeness (QED) is 0.170. The molecule has 4 heteroatoms. The van der Waals surface area contributed by atoms with Gasteiger partial charge in [-0.2, -0.15) is 10.5 Å². The average molecular weight is 751 g/mol. The molecule has 0 saturated carbocycles. The molecule has 0 amide bonds. The monoisotopic (exact) mass is 750 g/mol. The first-order chi connectivity index (χ1) is 29.2. The molecule has 0 atom stereocenters. The van der Waals surface area contributed by atoms with E-state index in [0.717, 1.165) is 39.5 Å². The van der Waals surface area contributed by atoms with Crippen molar-refractivity contribution in [3.63, 3.8) is 0 Å². The van der Waals surface area contributed by atoms with Crippen LogP contribution in [0.4, 0.5) is 34.1 Å². The van der Waals surface area contributed by atoms with E-state index in [1.54, 1.807) is 0 Å². The number of nitriles is 2. The van der Waals surface area contributed by atoms with Crippen LogP contribution in [0.1, 0.15) is 33.4 Å². The maximum Gasteiger partial charge on any atom is 0.0991 e. The van der Waals surface area contributed by atoms with Crippen LogP contribution in [0.25, 0.3) is 33.0 Å². The summed E-state index contributed by atoms with van der Waals surface area (Å²) in [7, 11) is 0. The van der Waals surface area contributed by atoms with Gasteiger partial charge in [-0.1, -0.05) is 115 Å². The van der Waals surface area contributed by atoms with E-state index < -0.39 is 5.41 Å². The first-order valence-corrected chi connectivity index (χ1v) is 19.8. The summed E-state index contributed by atoms with van der Waals surface area (Å²) in [6.45, 7) is 0. The van der Waals surface area contributed by atoms with Crippen molar-refractivity contribution in [3.8, 4) is 34.4 Å². The number of hydrogen-bond acceptors (Lipinski definition) is 4. The molecule has 0 saturated heterocycles. The molecule has 2 aliphatic rings. The van der Waals surface area contributed by atoms with Gasteiger partial charge in [0.25, 0.3) is 0 Å². The van der Waals surface area contributed by atoms with Crippen LogP contribution < -0.4 is 9.80 Å². The van der Waals surface area contributed by atoms with Crippen LogP contribution in [0.15, 0.2) is 206 Å². The predicted octanol–water partition coefficient (Wildman–Crippen LogP) is 13.9. The number of nitrogens with zero attached hydrogens (tertiary/aromatic N) is 4. The van der Waals surface area contributed by atoms with Crippen LogP contribution in [0, 0.1) is 22.7 Å². The molecular formula is C55H34N4. The minimum absolute atomic E-state index is 0.624. The van der Waals surface area contributed by atoms with Gasteiger partial charge in [-0.05, 0) is 141 Å². The van der Waals surface area contributed by atoms with Gasteiger partial charge in [0, 0.05) is 33.8 Å². The summed E-state index contributed by atoms with van der Waals surface area (Å²) in [5.74, 6) is 0. The second-order valence-electron chi connectivity index (χ2n) is 15.1. The fraction of sp³-hybridized carbons (Fsp3) is 0.0182. The third kappa shape index (κ3) is 5.08. The summed E-state index contributed by atoms with van der Waals surface area (Å²) in [6.07, 6.45) is 0. The summed E-state index contributed by atoms with van der Waals surface area (Å²) < 4.78 is 0. The lowest BCUT2D eigenvalue weighted by Crippen LogP contribution is -2.32. The molecule has 2 aliphatic carbocycles. The minimum Gasteiger partial charge on any atom is -0.310 e. The summed E-state index contributed by atoms with van der Waals surface area (Å²) in [4.78, 5) is 4.59. The Labute approximate surface area is 343 Å². The fourth-order valence-corrected chi connectivity index (χ4v) is 9.70. The van der Waals surface area contributed by atoms with Crippen molar-refractivity contribution in [1.82, 2.24) is 0 Å². The smallest absolute Gasteiger partial charge is 0.0991 e. The van der Waals surface area contributed by atoms with Gasteiger partial charge in [-0.3, -0.25) is 0 Å². The highest BCUT2D eigenvalue weighted by Crippen LogP contribution is 2.63. The van der Waals surface area contributed by atoms with Gasteiger partial charge in [-0.25, -0.2) is 0 Å². The summed E-state index contributed by atoms with van der Waals surface area (Å²) in [5, 5.41) is 21.7. The molecule has 0 unspecified atom stereocenters. The molecule has 0 N–H and O–H groups in total. The SMILES string of the molecule is N#Cc1ccc(N(c2ccccc2)c2ccc3c(c2)C2(c4ccccc4-c4ccccc42)c2cccc4c(N(c5ccccc5)c5ccc(C#N)cc5)ccc-3c24)cc1. The van der Waals surface area contributed by atoms with E-state index in [4.69, 9.17) is 0 Å². The van der Waals surface area contributed by atoms with Crippen molar-refractivity contribution in [2.45, 2.75) is 5.41 Å². The molecule has 0 radical (unpaired) electrons. The molecule has 11 rings (SSSR count). The van der Waals surface area contributed by atoms with Crippen molar-refractivity contribution < 1.29 is 0 Å². The minimum atomic E-state index is -0.636. The van der Waals surface area contributed by atoms with Crippen LogP contribution in [-0.4, -0.2) is 0 Å². The molecule has 0 bridgehead atoms. The van der Waals surface area contributed by atoms with Crippen molar-refractivity contribution in [1.29, 1.82) is 10.5 Å². The number of anilines is 6. The average Bonchev–Trinajstić information content (AvgIpc) is 3.60. The third-order valence-corrected chi connectivity index (χ3v) is 12.1. The zero-order chi connectivity index (χ0) is 39.5. The standard InChI is InChI=1S/C55H34N4/c56-35-37-22-26-41(27-23-37)58(39-12-3-1-4-13-39)43-30-31-46-47-32-33-53(59(40-14-5-2-6-15-40)42-28-24-38(36-57)25-29-42)48-18-11-21-51(54(47)48)55(52(46)34-43)49-19-9-7-16-44(49)45-17-8-10-20-50(45)55/h1-34H. The lowest BCUT2D eigenvalue weighted by atomic mass is 9.61. The van der Waals surface area contributed by atoms with Gasteiger partial charge in [0.1, 0.15) is 0 Å².